The van der Waals surface area contributed by atoms with Crippen molar-refractivity contribution in [3.8, 4) is 17.0 Å². The maximum absolute atomic E-state index is 11.0. The number of benzene rings is 1. The average molecular weight is 279 g/mol. The van der Waals surface area contributed by atoms with Gasteiger partial charge in [-0.3, -0.25) is 10.1 Å². The van der Waals surface area contributed by atoms with Crippen molar-refractivity contribution in [2.45, 2.75) is 13.0 Å². The quantitative estimate of drug-likeness (QED) is 0.686. The predicted octanol–water partition coefficient (Wildman–Crippen LogP) is 2.75. The van der Waals surface area contributed by atoms with Crippen LogP contribution in [-0.4, -0.2) is 17.0 Å². The highest BCUT2D eigenvalue weighted by Gasteiger charge is 2.17. The summed E-state index contributed by atoms with van der Waals surface area (Å²) in [6.07, 6.45) is 0. The molecule has 0 amide bonds. The Morgan fingerprint density at radius 3 is 2.79 bits per heavy atom. The third-order valence-electron chi connectivity index (χ3n) is 2.58. The normalized spacial score (nSPS) is 12.2. The molecule has 0 aliphatic carbocycles. The highest BCUT2D eigenvalue weighted by molar-refractivity contribution is 7.10. The van der Waals surface area contributed by atoms with E-state index in [0.29, 0.717) is 11.3 Å². The SMILES string of the molecule is COc1ccc(-c2csc(C(C)N)n2)cc1[N+](=O)[O-]. The number of nitro benzene ring substituents is 1. The number of nitrogens with zero attached hydrogens (tertiary/aromatic N) is 2. The second kappa shape index (κ2) is 5.33. The molecule has 1 heterocycles. The monoisotopic (exact) mass is 279 g/mol. The van der Waals surface area contributed by atoms with Crippen LogP contribution >= 0.6 is 11.3 Å². The zero-order valence-corrected chi connectivity index (χ0v) is 11.3. The van der Waals surface area contributed by atoms with Gasteiger partial charge in [0.1, 0.15) is 5.01 Å². The van der Waals surface area contributed by atoms with Gasteiger partial charge in [-0.15, -0.1) is 11.3 Å². The Morgan fingerprint density at radius 1 is 1.53 bits per heavy atom. The fraction of sp³-hybridized carbons (Fsp3) is 0.250. The van der Waals surface area contributed by atoms with Gasteiger partial charge in [0.05, 0.1) is 23.8 Å². The van der Waals surface area contributed by atoms with Gasteiger partial charge in [0.25, 0.3) is 0 Å². The molecule has 1 unspecified atom stereocenters. The number of nitrogens with two attached hydrogens (primary N) is 1. The standard InChI is InChI=1S/C12H13N3O3S/c1-7(13)12-14-9(6-19-12)8-3-4-11(18-2)10(5-8)15(16)17/h3-7H,13H2,1-2H3. The average Bonchev–Trinajstić information content (AvgIpc) is 2.87. The molecule has 0 bridgehead atoms. The van der Waals surface area contributed by atoms with Crippen molar-refractivity contribution < 1.29 is 9.66 Å². The molecule has 7 heteroatoms. The summed E-state index contributed by atoms with van der Waals surface area (Å²) < 4.78 is 4.96. The van der Waals surface area contributed by atoms with Crippen LogP contribution in [-0.2, 0) is 0 Å². The maximum atomic E-state index is 11.0. The van der Waals surface area contributed by atoms with E-state index in [4.69, 9.17) is 10.5 Å². The molecule has 0 aliphatic rings. The molecule has 0 spiro atoms. The van der Waals surface area contributed by atoms with Crippen LogP contribution in [0.25, 0.3) is 11.3 Å². The lowest BCUT2D eigenvalue weighted by atomic mass is 10.1. The molecule has 0 saturated carbocycles. The molecule has 1 aromatic heterocycles. The first-order valence-electron chi connectivity index (χ1n) is 5.56. The summed E-state index contributed by atoms with van der Waals surface area (Å²) in [7, 11) is 1.40. The summed E-state index contributed by atoms with van der Waals surface area (Å²) in [5, 5.41) is 13.6. The molecule has 2 aromatic rings. The van der Waals surface area contributed by atoms with Gasteiger partial charge in [0, 0.05) is 17.0 Å². The largest absolute Gasteiger partial charge is 0.490 e. The van der Waals surface area contributed by atoms with E-state index in [2.05, 4.69) is 4.98 Å². The van der Waals surface area contributed by atoms with E-state index in [1.807, 2.05) is 12.3 Å². The first-order valence-corrected chi connectivity index (χ1v) is 6.44. The zero-order valence-electron chi connectivity index (χ0n) is 10.5. The van der Waals surface area contributed by atoms with Crippen LogP contribution in [0.15, 0.2) is 23.6 Å². The van der Waals surface area contributed by atoms with Crippen LogP contribution in [0.3, 0.4) is 0 Å². The topological polar surface area (TPSA) is 91.3 Å². The Morgan fingerprint density at radius 2 is 2.26 bits per heavy atom. The maximum Gasteiger partial charge on any atom is 0.311 e. The van der Waals surface area contributed by atoms with Gasteiger partial charge in [0.2, 0.25) is 0 Å². The molecule has 2 N–H and O–H groups in total. The van der Waals surface area contributed by atoms with Crippen molar-refractivity contribution in [3.05, 3.63) is 38.7 Å². The van der Waals surface area contributed by atoms with Gasteiger partial charge in [-0.05, 0) is 19.1 Å². The zero-order chi connectivity index (χ0) is 14.0. The molecule has 0 radical (unpaired) electrons. The van der Waals surface area contributed by atoms with Crippen LogP contribution in [0.1, 0.15) is 18.0 Å². The molecule has 0 saturated heterocycles. The van der Waals surface area contributed by atoms with E-state index in [-0.39, 0.29) is 17.5 Å². The number of hydrogen-bond donors (Lipinski definition) is 1. The summed E-state index contributed by atoms with van der Waals surface area (Å²) in [6, 6.07) is 4.62. The summed E-state index contributed by atoms with van der Waals surface area (Å²) in [5.74, 6) is 0.233. The minimum atomic E-state index is -0.471. The van der Waals surface area contributed by atoms with Crippen molar-refractivity contribution >= 4 is 17.0 Å². The number of methoxy groups -OCH3 is 1. The van der Waals surface area contributed by atoms with Gasteiger partial charge in [-0.1, -0.05) is 0 Å². The van der Waals surface area contributed by atoms with E-state index >= 15 is 0 Å². The van der Waals surface area contributed by atoms with Crippen molar-refractivity contribution in [1.29, 1.82) is 0 Å². The van der Waals surface area contributed by atoms with Crippen molar-refractivity contribution in [2.75, 3.05) is 7.11 Å². The van der Waals surface area contributed by atoms with Crippen molar-refractivity contribution in [2.24, 2.45) is 5.73 Å². The van der Waals surface area contributed by atoms with Gasteiger partial charge < -0.3 is 10.5 Å². The Labute approximate surface area is 114 Å². The second-order valence-corrected chi connectivity index (χ2v) is 4.89. The van der Waals surface area contributed by atoms with Gasteiger partial charge >= 0.3 is 5.69 Å². The number of thiazole rings is 1. The Kier molecular flexibility index (Phi) is 3.77. The number of nitro groups is 1. The first-order chi connectivity index (χ1) is 9.02. The molecule has 0 aliphatic heterocycles. The number of ether oxygens (including phenoxy) is 1. The van der Waals surface area contributed by atoms with Gasteiger partial charge in [-0.25, -0.2) is 4.98 Å². The van der Waals surface area contributed by atoms with Crippen molar-refractivity contribution in [3.63, 3.8) is 0 Å². The minimum Gasteiger partial charge on any atom is -0.490 e. The fourth-order valence-corrected chi connectivity index (χ4v) is 2.41. The molecule has 0 fully saturated rings. The lowest BCUT2D eigenvalue weighted by molar-refractivity contribution is -0.385. The summed E-state index contributed by atoms with van der Waals surface area (Å²) >= 11 is 1.44. The summed E-state index contributed by atoms with van der Waals surface area (Å²) in [4.78, 5) is 14.9. The molecule has 1 aromatic carbocycles. The van der Waals surface area contributed by atoms with E-state index < -0.39 is 4.92 Å². The Bertz CT molecular complexity index is 610. The van der Waals surface area contributed by atoms with Gasteiger partial charge in [0.15, 0.2) is 5.75 Å². The van der Waals surface area contributed by atoms with Crippen LogP contribution < -0.4 is 10.5 Å². The van der Waals surface area contributed by atoms with E-state index in [1.54, 1.807) is 12.1 Å². The lowest BCUT2D eigenvalue weighted by Gasteiger charge is -2.03. The first kappa shape index (κ1) is 13.4. The molecule has 1 atom stereocenters. The van der Waals surface area contributed by atoms with E-state index in [9.17, 15) is 10.1 Å². The summed E-state index contributed by atoms with van der Waals surface area (Å²) in [6.45, 7) is 1.85. The van der Waals surface area contributed by atoms with Crippen LogP contribution in [0.2, 0.25) is 0 Å². The third kappa shape index (κ3) is 2.72. The third-order valence-corrected chi connectivity index (χ3v) is 3.63. The molecular weight excluding hydrogens is 266 g/mol. The number of rotatable bonds is 4. The number of aromatic nitrogens is 1. The molecule has 100 valence electrons. The van der Waals surface area contributed by atoms with Gasteiger partial charge in [-0.2, -0.15) is 0 Å². The van der Waals surface area contributed by atoms with E-state index in [1.165, 1.54) is 24.5 Å². The highest BCUT2D eigenvalue weighted by atomic mass is 32.1. The summed E-state index contributed by atoms with van der Waals surface area (Å²) in [5.41, 5.74) is 7.03. The number of hydrogen-bond acceptors (Lipinski definition) is 6. The molecule has 19 heavy (non-hydrogen) atoms. The Hall–Kier alpha value is -1.99. The lowest BCUT2D eigenvalue weighted by Crippen LogP contribution is -2.03. The molecular formula is C12H13N3O3S. The second-order valence-electron chi connectivity index (χ2n) is 4.00. The van der Waals surface area contributed by atoms with Crippen LogP contribution in [0.5, 0.6) is 5.75 Å². The molecule has 2 rings (SSSR count). The van der Waals surface area contributed by atoms with Crippen LogP contribution in [0, 0.1) is 10.1 Å². The Balaban J connectivity index is 2.44. The molecule has 6 nitrogen and oxygen atoms in total. The smallest absolute Gasteiger partial charge is 0.311 e. The minimum absolute atomic E-state index is 0.0738. The van der Waals surface area contributed by atoms with Crippen LogP contribution in [0.4, 0.5) is 5.69 Å². The highest BCUT2D eigenvalue weighted by Crippen LogP contribution is 2.33. The predicted molar refractivity (Wildman–Crippen MR) is 73.4 cm³/mol. The van der Waals surface area contributed by atoms with E-state index in [0.717, 1.165) is 5.01 Å². The van der Waals surface area contributed by atoms with Crippen molar-refractivity contribution in [1.82, 2.24) is 4.98 Å². The fourth-order valence-electron chi connectivity index (χ4n) is 1.62.